The van der Waals surface area contributed by atoms with Crippen molar-refractivity contribution < 1.29 is 32.6 Å². The average molecular weight is 483 g/mol. The molecule has 0 aliphatic carbocycles. The molecule has 5 rings (SSSR count). The molecule has 0 aliphatic heterocycles. The van der Waals surface area contributed by atoms with Crippen LogP contribution in [0.4, 0.5) is 17.6 Å². The fourth-order valence-corrected chi connectivity index (χ4v) is 4.45. The largest absolute Gasteiger partial charge is 0.478 e. The fourth-order valence-electron chi connectivity index (χ4n) is 4.45. The van der Waals surface area contributed by atoms with E-state index in [9.17, 15) is 32.6 Å². The first-order valence-electron chi connectivity index (χ1n) is 10.4. The van der Waals surface area contributed by atoms with Gasteiger partial charge in [0.05, 0.1) is 28.5 Å². The van der Waals surface area contributed by atoms with Gasteiger partial charge in [-0.1, -0.05) is 18.2 Å². The van der Waals surface area contributed by atoms with E-state index in [2.05, 4.69) is 5.10 Å². The summed E-state index contributed by atoms with van der Waals surface area (Å²) in [6, 6.07) is 13.2. The Morgan fingerprint density at radius 1 is 1.03 bits per heavy atom. The molecule has 0 aliphatic rings. The highest BCUT2D eigenvalue weighted by molar-refractivity contribution is 6.03. The summed E-state index contributed by atoms with van der Waals surface area (Å²) in [6.07, 6.45) is -2.69. The SMILES string of the molecule is Cn1cc(C(O)(c2ccc3c(cnn3-c3ccc(F)cc3)c2)C(F)(F)F)c2cccc(C(=O)O)c21. The number of aryl methyl sites for hydroxylation is 1. The summed E-state index contributed by atoms with van der Waals surface area (Å²) in [6.45, 7) is 0. The first-order chi connectivity index (χ1) is 16.5. The summed E-state index contributed by atoms with van der Waals surface area (Å²) >= 11 is 0. The summed E-state index contributed by atoms with van der Waals surface area (Å²) < 4.78 is 59.6. The third-order valence-electron chi connectivity index (χ3n) is 6.09. The van der Waals surface area contributed by atoms with E-state index in [0.717, 1.165) is 12.3 Å². The van der Waals surface area contributed by atoms with Crippen LogP contribution in [-0.4, -0.2) is 36.7 Å². The molecule has 0 saturated carbocycles. The van der Waals surface area contributed by atoms with E-state index in [1.165, 1.54) is 77.1 Å². The standard InChI is InChI=1S/C25H17F4N3O3/c1-31-13-20(18-3-2-4-19(22(18)31)23(33)34)24(35,25(27,28)29)15-5-10-21-14(11-15)12-30-32(21)17-8-6-16(26)7-9-17/h2-13,35H,1H3,(H,33,34). The molecule has 3 aromatic carbocycles. The van der Waals surface area contributed by atoms with Gasteiger partial charge in [0.1, 0.15) is 5.82 Å². The summed E-state index contributed by atoms with van der Waals surface area (Å²) in [5, 5.41) is 25.3. The number of aliphatic hydroxyl groups is 1. The Hall–Kier alpha value is -4.18. The summed E-state index contributed by atoms with van der Waals surface area (Å²) in [5.41, 5.74) is -3.54. The van der Waals surface area contributed by atoms with Gasteiger partial charge in [-0.2, -0.15) is 18.3 Å². The smallest absolute Gasteiger partial charge is 0.425 e. The van der Waals surface area contributed by atoms with Crippen LogP contribution >= 0.6 is 0 Å². The lowest BCUT2D eigenvalue weighted by atomic mass is 9.84. The van der Waals surface area contributed by atoms with Crippen LogP contribution in [0.3, 0.4) is 0 Å². The van der Waals surface area contributed by atoms with Crippen molar-refractivity contribution in [3.05, 3.63) is 95.6 Å². The fraction of sp³-hybridized carbons (Fsp3) is 0.120. The van der Waals surface area contributed by atoms with Crippen molar-refractivity contribution in [1.29, 1.82) is 0 Å². The topological polar surface area (TPSA) is 80.3 Å². The summed E-state index contributed by atoms with van der Waals surface area (Å²) in [4.78, 5) is 11.6. The molecule has 0 radical (unpaired) electrons. The van der Waals surface area contributed by atoms with Crippen LogP contribution < -0.4 is 0 Å². The maximum atomic E-state index is 14.5. The number of carboxylic acid groups (broad SMARTS) is 1. The number of fused-ring (bicyclic) bond motifs is 2. The number of carboxylic acids is 1. The first kappa shape index (κ1) is 22.6. The molecule has 2 N–H and O–H groups in total. The Kier molecular flexibility index (Phi) is 4.95. The molecule has 6 nitrogen and oxygen atoms in total. The molecule has 2 heterocycles. The molecular weight excluding hydrogens is 466 g/mol. The van der Waals surface area contributed by atoms with Crippen LogP contribution in [0.5, 0.6) is 0 Å². The molecule has 1 atom stereocenters. The number of alkyl halides is 3. The highest BCUT2D eigenvalue weighted by Crippen LogP contribution is 2.47. The quantitative estimate of drug-likeness (QED) is 0.347. The zero-order chi connectivity index (χ0) is 25.1. The molecule has 5 aromatic rings. The number of nitrogens with zero attached hydrogens (tertiary/aromatic N) is 3. The second kappa shape index (κ2) is 7.67. The van der Waals surface area contributed by atoms with Crippen molar-refractivity contribution in [3.63, 3.8) is 0 Å². The second-order valence-corrected chi connectivity index (χ2v) is 8.18. The van der Waals surface area contributed by atoms with Gasteiger partial charge in [0.25, 0.3) is 0 Å². The average Bonchev–Trinajstić information content (AvgIpc) is 3.39. The Morgan fingerprint density at radius 3 is 2.40 bits per heavy atom. The number of hydrogen-bond donors (Lipinski definition) is 2. The number of aromatic nitrogens is 3. The van der Waals surface area contributed by atoms with E-state index in [4.69, 9.17) is 0 Å². The van der Waals surface area contributed by atoms with Crippen molar-refractivity contribution >= 4 is 27.8 Å². The van der Waals surface area contributed by atoms with Gasteiger partial charge in [-0.25, -0.2) is 13.9 Å². The van der Waals surface area contributed by atoms with Crippen LogP contribution in [0.25, 0.3) is 27.5 Å². The van der Waals surface area contributed by atoms with Gasteiger partial charge < -0.3 is 14.8 Å². The Labute approximate surface area is 195 Å². The molecule has 178 valence electrons. The van der Waals surface area contributed by atoms with Crippen molar-refractivity contribution in [2.24, 2.45) is 7.05 Å². The van der Waals surface area contributed by atoms with Gasteiger partial charge in [0, 0.05) is 29.6 Å². The number of aromatic carboxylic acids is 1. The third kappa shape index (κ3) is 3.36. The molecule has 0 spiro atoms. The molecule has 0 saturated heterocycles. The highest BCUT2D eigenvalue weighted by atomic mass is 19.4. The maximum Gasteiger partial charge on any atom is 0.425 e. The summed E-state index contributed by atoms with van der Waals surface area (Å²) in [7, 11) is 1.42. The van der Waals surface area contributed by atoms with Gasteiger partial charge >= 0.3 is 12.1 Å². The Morgan fingerprint density at radius 2 is 1.74 bits per heavy atom. The van der Waals surface area contributed by atoms with Gasteiger partial charge in [-0.15, -0.1) is 0 Å². The van der Waals surface area contributed by atoms with Crippen molar-refractivity contribution in [2.75, 3.05) is 0 Å². The minimum absolute atomic E-state index is 0.0330. The van der Waals surface area contributed by atoms with E-state index in [-0.39, 0.29) is 16.5 Å². The van der Waals surface area contributed by atoms with Gasteiger partial charge in [0.15, 0.2) is 0 Å². The predicted molar refractivity (Wildman–Crippen MR) is 120 cm³/mol. The molecular formula is C25H17F4N3O3. The molecule has 1 unspecified atom stereocenters. The molecule has 10 heteroatoms. The number of halogens is 4. The third-order valence-corrected chi connectivity index (χ3v) is 6.09. The van der Waals surface area contributed by atoms with Crippen LogP contribution in [0.1, 0.15) is 21.5 Å². The number of rotatable bonds is 4. The number of para-hydroxylation sites is 1. The molecule has 2 aromatic heterocycles. The molecule has 0 fully saturated rings. The molecule has 0 amide bonds. The van der Waals surface area contributed by atoms with E-state index < -0.39 is 34.7 Å². The van der Waals surface area contributed by atoms with E-state index in [1.54, 1.807) is 0 Å². The van der Waals surface area contributed by atoms with E-state index in [1.807, 2.05) is 0 Å². The van der Waals surface area contributed by atoms with Gasteiger partial charge in [-0.05, 0) is 48.0 Å². The van der Waals surface area contributed by atoms with Crippen LogP contribution in [-0.2, 0) is 12.6 Å². The Balaban J connectivity index is 1.73. The number of carbonyl (C=O) groups is 1. The van der Waals surface area contributed by atoms with Crippen molar-refractivity contribution in [1.82, 2.24) is 14.3 Å². The zero-order valence-corrected chi connectivity index (χ0v) is 18.1. The first-order valence-corrected chi connectivity index (χ1v) is 10.4. The summed E-state index contributed by atoms with van der Waals surface area (Å²) in [5.74, 6) is -1.74. The van der Waals surface area contributed by atoms with Gasteiger partial charge in [0.2, 0.25) is 5.60 Å². The Bertz CT molecular complexity index is 1600. The van der Waals surface area contributed by atoms with Crippen LogP contribution in [0.15, 0.2) is 73.1 Å². The number of benzene rings is 3. The lowest BCUT2D eigenvalue weighted by molar-refractivity contribution is -0.247. The van der Waals surface area contributed by atoms with E-state index >= 15 is 0 Å². The normalized spacial score (nSPS) is 13.9. The lowest BCUT2D eigenvalue weighted by Crippen LogP contribution is -2.43. The maximum absolute atomic E-state index is 14.5. The predicted octanol–water partition coefficient (Wildman–Crippen LogP) is 5.15. The van der Waals surface area contributed by atoms with E-state index in [0.29, 0.717) is 16.6 Å². The molecule has 35 heavy (non-hydrogen) atoms. The second-order valence-electron chi connectivity index (χ2n) is 8.18. The highest BCUT2D eigenvalue weighted by Gasteiger charge is 2.57. The van der Waals surface area contributed by atoms with Crippen LogP contribution in [0, 0.1) is 5.82 Å². The minimum atomic E-state index is -5.14. The number of hydrogen-bond acceptors (Lipinski definition) is 3. The zero-order valence-electron chi connectivity index (χ0n) is 18.1. The van der Waals surface area contributed by atoms with Crippen molar-refractivity contribution in [2.45, 2.75) is 11.8 Å². The monoisotopic (exact) mass is 483 g/mol. The van der Waals surface area contributed by atoms with Crippen molar-refractivity contribution in [3.8, 4) is 5.69 Å². The molecule has 0 bridgehead atoms. The van der Waals surface area contributed by atoms with Crippen LogP contribution in [0.2, 0.25) is 0 Å². The lowest BCUT2D eigenvalue weighted by Gasteiger charge is -2.31. The minimum Gasteiger partial charge on any atom is -0.478 e. The van der Waals surface area contributed by atoms with Gasteiger partial charge in [-0.3, -0.25) is 0 Å².